The number of piperazine rings is 1. The summed E-state index contributed by atoms with van der Waals surface area (Å²) in [5, 5.41) is 2.70. The molecule has 0 aliphatic carbocycles. The standard InChI is InChI=1S/C20H27BrN2O5/c1-13(2)6-9-27-19(25)11-16-20(26)22-7-8-23(16)18(24)12-28-17-5-4-14(3)10-15(17)21/h4-5,10,13,16H,6-9,11-12H2,1-3H3,(H,22,26). The molecule has 1 saturated heterocycles. The molecule has 1 heterocycles. The van der Waals surface area contributed by atoms with Gasteiger partial charge >= 0.3 is 5.97 Å². The van der Waals surface area contributed by atoms with Crippen LogP contribution >= 0.6 is 15.9 Å². The van der Waals surface area contributed by atoms with Gasteiger partial charge in [-0.1, -0.05) is 19.9 Å². The Kier molecular flexibility index (Phi) is 8.29. The van der Waals surface area contributed by atoms with Crippen LogP contribution in [0.5, 0.6) is 5.75 Å². The number of nitrogens with zero attached hydrogens (tertiary/aromatic N) is 1. The molecule has 0 aromatic heterocycles. The Balaban J connectivity index is 1.95. The fourth-order valence-corrected chi connectivity index (χ4v) is 3.39. The number of amides is 2. The number of rotatable bonds is 8. The van der Waals surface area contributed by atoms with Crippen molar-refractivity contribution >= 4 is 33.7 Å². The van der Waals surface area contributed by atoms with Gasteiger partial charge in [0.05, 0.1) is 17.5 Å². The molecule has 154 valence electrons. The molecule has 7 nitrogen and oxygen atoms in total. The Morgan fingerprint density at radius 3 is 2.79 bits per heavy atom. The third-order valence-corrected chi connectivity index (χ3v) is 5.03. The summed E-state index contributed by atoms with van der Waals surface area (Å²) < 4.78 is 11.5. The maximum Gasteiger partial charge on any atom is 0.308 e. The number of carbonyl (C=O) groups excluding carboxylic acids is 3. The summed E-state index contributed by atoms with van der Waals surface area (Å²) in [6.07, 6.45) is 0.592. The maximum atomic E-state index is 12.6. The van der Waals surface area contributed by atoms with Gasteiger partial charge in [0.25, 0.3) is 5.91 Å². The Bertz CT molecular complexity index is 723. The molecule has 1 aromatic rings. The average molecular weight is 455 g/mol. The van der Waals surface area contributed by atoms with Crippen LogP contribution in [0.2, 0.25) is 0 Å². The highest BCUT2D eigenvalue weighted by Gasteiger charge is 2.35. The third-order valence-electron chi connectivity index (χ3n) is 4.41. The van der Waals surface area contributed by atoms with Crippen LogP contribution in [0, 0.1) is 12.8 Å². The highest BCUT2D eigenvalue weighted by Crippen LogP contribution is 2.25. The lowest BCUT2D eigenvalue weighted by Gasteiger charge is -2.34. The van der Waals surface area contributed by atoms with Crippen molar-refractivity contribution in [2.75, 3.05) is 26.3 Å². The molecule has 1 fully saturated rings. The van der Waals surface area contributed by atoms with Crippen molar-refractivity contribution in [3.63, 3.8) is 0 Å². The van der Waals surface area contributed by atoms with Crippen LogP contribution in [0.25, 0.3) is 0 Å². The third kappa shape index (κ3) is 6.51. The number of benzene rings is 1. The molecule has 1 atom stereocenters. The van der Waals surface area contributed by atoms with Crippen LogP contribution in [0.4, 0.5) is 0 Å². The Morgan fingerprint density at radius 1 is 1.36 bits per heavy atom. The first-order chi connectivity index (χ1) is 13.3. The molecule has 28 heavy (non-hydrogen) atoms. The van der Waals surface area contributed by atoms with Gasteiger partial charge < -0.3 is 19.7 Å². The van der Waals surface area contributed by atoms with Gasteiger partial charge in [-0.15, -0.1) is 0 Å². The zero-order valence-corrected chi connectivity index (χ0v) is 18.1. The Hall–Kier alpha value is -2.09. The van der Waals surface area contributed by atoms with E-state index in [0.29, 0.717) is 31.4 Å². The summed E-state index contributed by atoms with van der Waals surface area (Å²) in [5.41, 5.74) is 1.06. The molecule has 1 unspecified atom stereocenters. The summed E-state index contributed by atoms with van der Waals surface area (Å²) >= 11 is 3.41. The van der Waals surface area contributed by atoms with E-state index >= 15 is 0 Å². The number of esters is 1. The van der Waals surface area contributed by atoms with Gasteiger partial charge in [0.2, 0.25) is 5.91 Å². The van der Waals surface area contributed by atoms with Gasteiger partial charge in [-0.25, -0.2) is 0 Å². The summed E-state index contributed by atoms with van der Waals surface area (Å²) in [5.74, 6) is -0.214. The number of hydrogen-bond acceptors (Lipinski definition) is 5. The number of hydrogen-bond donors (Lipinski definition) is 1. The van der Waals surface area contributed by atoms with Crippen molar-refractivity contribution in [2.45, 2.75) is 39.7 Å². The van der Waals surface area contributed by atoms with Crippen molar-refractivity contribution in [3.05, 3.63) is 28.2 Å². The lowest BCUT2D eigenvalue weighted by molar-refractivity contribution is -0.152. The molecule has 0 bridgehead atoms. The van der Waals surface area contributed by atoms with E-state index in [0.717, 1.165) is 16.5 Å². The minimum Gasteiger partial charge on any atom is -0.483 e. The first-order valence-corrected chi connectivity index (χ1v) is 10.2. The van der Waals surface area contributed by atoms with Crippen molar-refractivity contribution in [2.24, 2.45) is 5.92 Å². The Labute approximate surface area is 173 Å². The number of aryl methyl sites for hydroxylation is 1. The zero-order valence-electron chi connectivity index (χ0n) is 16.5. The van der Waals surface area contributed by atoms with Crippen LogP contribution < -0.4 is 10.1 Å². The smallest absolute Gasteiger partial charge is 0.308 e. The van der Waals surface area contributed by atoms with E-state index in [4.69, 9.17) is 9.47 Å². The normalized spacial score (nSPS) is 16.7. The molecule has 2 amide bonds. The van der Waals surface area contributed by atoms with Crippen LogP contribution in [0.3, 0.4) is 0 Å². The first-order valence-electron chi connectivity index (χ1n) is 9.39. The lowest BCUT2D eigenvalue weighted by atomic mass is 10.1. The Morgan fingerprint density at radius 2 is 2.11 bits per heavy atom. The van der Waals surface area contributed by atoms with Gasteiger partial charge in [0.1, 0.15) is 11.8 Å². The molecular formula is C20H27BrN2O5. The molecule has 1 aliphatic rings. The van der Waals surface area contributed by atoms with Gasteiger partial charge in [0.15, 0.2) is 6.61 Å². The topological polar surface area (TPSA) is 84.9 Å². The van der Waals surface area contributed by atoms with E-state index in [2.05, 4.69) is 21.2 Å². The van der Waals surface area contributed by atoms with E-state index < -0.39 is 12.0 Å². The predicted octanol–water partition coefficient (Wildman–Crippen LogP) is 2.44. The average Bonchev–Trinajstić information content (AvgIpc) is 2.62. The van der Waals surface area contributed by atoms with Gasteiger partial charge in [-0.2, -0.15) is 0 Å². The number of halogens is 1. The molecule has 0 saturated carbocycles. The van der Waals surface area contributed by atoms with Gasteiger partial charge in [0, 0.05) is 13.1 Å². The van der Waals surface area contributed by atoms with E-state index in [1.54, 1.807) is 6.07 Å². The summed E-state index contributed by atoms with van der Waals surface area (Å²) in [6, 6.07) is 4.68. The highest BCUT2D eigenvalue weighted by molar-refractivity contribution is 9.10. The van der Waals surface area contributed by atoms with Crippen molar-refractivity contribution < 1.29 is 23.9 Å². The summed E-state index contributed by atoms with van der Waals surface area (Å²) in [7, 11) is 0. The molecule has 2 rings (SSSR count). The fourth-order valence-electron chi connectivity index (χ4n) is 2.79. The minimum absolute atomic E-state index is 0.163. The summed E-state index contributed by atoms with van der Waals surface area (Å²) in [4.78, 5) is 38.4. The number of ether oxygens (including phenoxy) is 2. The first kappa shape index (κ1) is 22.2. The number of carbonyl (C=O) groups is 3. The second kappa shape index (κ2) is 10.5. The molecule has 0 radical (unpaired) electrons. The van der Waals surface area contributed by atoms with Crippen LogP contribution in [0.15, 0.2) is 22.7 Å². The highest BCUT2D eigenvalue weighted by atomic mass is 79.9. The van der Waals surface area contributed by atoms with E-state index in [-0.39, 0.29) is 24.8 Å². The molecule has 0 spiro atoms. The minimum atomic E-state index is -0.877. The molecule has 1 aliphatic heterocycles. The van der Waals surface area contributed by atoms with E-state index in [9.17, 15) is 14.4 Å². The monoisotopic (exact) mass is 454 g/mol. The second-order valence-corrected chi connectivity index (χ2v) is 8.08. The van der Waals surface area contributed by atoms with Crippen LogP contribution in [-0.2, 0) is 19.1 Å². The zero-order chi connectivity index (χ0) is 20.7. The van der Waals surface area contributed by atoms with Crippen LogP contribution in [-0.4, -0.2) is 55.0 Å². The van der Waals surface area contributed by atoms with Crippen LogP contribution in [0.1, 0.15) is 32.3 Å². The number of nitrogens with one attached hydrogen (secondary N) is 1. The summed E-state index contributed by atoms with van der Waals surface area (Å²) in [6.45, 7) is 6.79. The molecule has 1 N–H and O–H groups in total. The van der Waals surface area contributed by atoms with Gasteiger partial charge in [-0.3, -0.25) is 14.4 Å². The van der Waals surface area contributed by atoms with Crippen molar-refractivity contribution in [1.82, 2.24) is 10.2 Å². The van der Waals surface area contributed by atoms with E-state index in [1.165, 1.54) is 4.90 Å². The molecule has 1 aromatic carbocycles. The SMILES string of the molecule is Cc1ccc(OCC(=O)N2CCNC(=O)C2CC(=O)OCCC(C)C)c(Br)c1. The fraction of sp³-hybridized carbons (Fsp3) is 0.550. The second-order valence-electron chi connectivity index (χ2n) is 7.22. The predicted molar refractivity (Wildman–Crippen MR) is 108 cm³/mol. The molecular weight excluding hydrogens is 428 g/mol. The van der Waals surface area contributed by atoms with Gasteiger partial charge in [-0.05, 0) is 52.9 Å². The van der Waals surface area contributed by atoms with Crippen molar-refractivity contribution in [3.8, 4) is 5.75 Å². The maximum absolute atomic E-state index is 12.6. The quantitative estimate of drug-likeness (QED) is 0.609. The molecule has 8 heteroatoms. The largest absolute Gasteiger partial charge is 0.483 e. The van der Waals surface area contributed by atoms with E-state index in [1.807, 2.05) is 32.9 Å². The van der Waals surface area contributed by atoms with Crippen molar-refractivity contribution in [1.29, 1.82) is 0 Å². The lowest BCUT2D eigenvalue weighted by Crippen LogP contribution is -2.58.